The van der Waals surface area contributed by atoms with Crippen molar-refractivity contribution in [2.45, 2.75) is 38.9 Å². The fourth-order valence-corrected chi connectivity index (χ4v) is 4.39. The molecular formula is C17H24N4O3S2. The number of thioether (sulfide) groups is 1. The van der Waals surface area contributed by atoms with Gasteiger partial charge in [0.25, 0.3) is 5.56 Å². The van der Waals surface area contributed by atoms with Crippen molar-refractivity contribution in [2.75, 3.05) is 26.4 Å². The van der Waals surface area contributed by atoms with Crippen LogP contribution in [0.4, 0.5) is 0 Å². The number of hydrogen-bond acceptors (Lipinski definition) is 6. The molecule has 0 saturated heterocycles. The van der Waals surface area contributed by atoms with Gasteiger partial charge in [-0.15, -0.1) is 11.3 Å². The maximum Gasteiger partial charge on any atom is 0.263 e. The first-order valence-corrected chi connectivity index (χ1v) is 10.1. The molecule has 0 aliphatic rings. The number of nitrogens with one attached hydrogen (secondary N) is 1. The summed E-state index contributed by atoms with van der Waals surface area (Å²) in [5.74, 6) is -0.353. The molecule has 2 heterocycles. The monoisotopic (exact) mass is 396 g/mol. The molecule has 0 unspecified atom stereocenters. The Hall–Kier alpha value is -1.87. The highest BCUT2D eigenvalue weighted by Crippen LogP contribution is 2.29. The summed E-state index contributed by atoms with van der Waals surface area (Å²) < 4.78 is 1.63. The summed E-state index contributed by atoms with van der Waals surface area (Å²) in [6.45, 7) is 7.71. The molecule has 26 heavy (non-hydrogen) atoms. The van der Waals surface area contributed by atoms with E-state index < -0.39 is 0 Å². The van der Waals surface area contributed by atoms with Crippen molar-refractivity contribution < 1.29 is 9.59 Å². The summed E-state index contributed by atoms with van der Waals surface area (Å²) in [6, 6.07) is -0.0695. The highest BCUT2D eigenvalue weighted by molar-refractivity contribution is 7.99. The number of amides is 2. The molecule has 0 saturated carbocycles. The van der Waals surface area contributed by atoms with E-state index in [0.29, 0.717) is 15.4 Å². The lowest BCUT2D eigenvalue weighted by Gasteiger charge is -2.15. The number of aryl methyl sites for hydroxylation is 2. The van der Waals surface area contributed by atoms with E-state index >= 15 is 0 Å². The van der Waals surface area contributed by atoms with Crippen LogP contribution in [0.1, 0.15) is 30.3 Å². The van der Waals surface area contributed by atoms with Crippen LogP contribution in [0.3, 0.4) is 0 Å². The molecule has 1 N–H and O–H groups in total. The number of nitrogens with zero attached hydrogens (tertiary/aromatic N) is 3. The van der Waals surface area contributed by atoms with Gasteiger partial charge in [0, 0.05) is 25.0 Å². The van der Waals surface area contributed by atoms with E-state index in [0.717, 1.165) is 10.4 Å². The molecule has 2 aromatic rings. The van der Waals surface area contributed by atoms with Crippen molar-refractivity contribution in [2.24, 2.45) is 0 Å². The predicted molar refractivity (Wildman–Crippen MR) is 106 cm³/mol. The Balaban J connectivity index is 2.24. The summed E-state index contributed by atoms with van der Waals surface area (Å²) in [4.78, 5) is 44.3. The fourth-order valence-electron chi connectivity index (χ4n) is 2.36. The van der Waals surface area contributed by atoms with Crippen LogP contribution in [0.5, 0.6) is 0 Å². The highest BCUT2D eigenvalue weighted by atomic mass is 32.2. The normalized spacial score (nSPS) is 11.2. The van der Waals surface area contributed by atoms with E-state index in [1.807, 2.05) is 27.7 Å². The Morgan fingerprint density at radius 3 is 2.54 bits per heavy atom. The maximum atomic E-state index is 12.9. The molecule has 0 spiro atoms. The zero-order chi connectivity index (χ0) is 19.6. The van der Waals surface area contributed by atoms with Gasteiger partial charge in [-0.3, -0.25) is 19.0 Å². The Bertz CT molecular complexity index is 900. The van der Waals surface area contributed by atoms with E-state index in [4.69, 9.17) is 0 Å². The second kappa shape index (κ2) is 8.22. The number of fused-ring (bicyclic) bond motifs is 1. The van der Waals surface area contributed by atoms with Gasteiger partial charge >= 0.3 is 0 Å². The lowest BCUT2D eigenvalue weighted by molar-refractivity contribution is -0.130. The Morgan fingerprint density at radius 1 is 1.31 bits per heavy atom. The van der Waals surface area contributed by atoms with Gasteiger partial charge in [-0.25, -0.2) is 4.98 Å². The van der Waals surface area contributed by atoms with Crippen LogP contribution in [-0.2, 0) is 9.59 Å². The number of hydrogen-bond donors (Lipinski definition) is 1. The SMILES string of the molecule is Cc1sc2nc(SCC(=O)NCC(=O)N(C)C)n(C(C)C)c(=O)c2c1C. The quantitative estimate of drug-likeness (QED) is 0.596. The van der Waals surface area contributed by atoms with Crippen molar-refractivity contribution in [3.8, 4) is 0 Å². The van der Waals surface area contributed by atoms with E-state index in [1.54, 1.807) is 18.7 Å². The summed E-state index contributed by atoms with van der Waals surface area (Å²) >= 11 is 2.70. The van der Waals surface area contributed by atoms with Crippen molar-refractivity contribution in [3.05, 3.63) is 20.8 Å². The van der Waals surface area contributed by atoms with Crippen LogP contribution in [0.25, 0.3) is 10.2 Å². The Kier molecular flexibility index (Phi) is 6.46. The van der Waals surface area contributed by atoms with Gasteiger partial charge in [-0.1, -0.05) is 11.8 Å². The van der Waals surface area contributed by atoms with Crippen molar-refractivity contribution in [1.82, 2.24) is 19.8 Å². The number of carbonyl (C=O) groups excluding carboxylic acids is 2. The second-order valence-corrected chi connectivity index (χ2v) is 8.63. The van der Waals surface area contributed by atoms with Gasteiger partial charge in [-0.05, 0) is 33.3 Å². The molecule has 0 aromatic carbocycles. The Morgan fingerprint density at radius 2 is 1.96 bits per heavy atom. The maximum absolute atomic E-state index is 12.9. The van der Waals surface area contributed by atoms with Crippen molar-refractivity contribution in [1.29, 1.82) is 0 Å². The molecule has 0 bridgehead atoms. The van der Waals surface area contributed by atoms with Gasteiger partial charge in [0.2, 0.25) is 11.8 Å². The third-order valence-corrected chi connectivity index (χ3v) is 6.04. The summed E-state index contributed by atoms with van der Waals surface area (Å²) in [7, 11) is 3.27. The van der Waals surface area contributed by atoms with Crippen molar-refractivity contribution >= 4 is 45.1 Å². The lowest BCUT2D eigenvalue weighted by atomic mass is 10.2. The van der Waals surface area contributed by atoms with Crippen LogP contribution in [-0.4, -0.2) is 52.7 Å². The summed E-state index contributed by atoms with van der Waals surface area (Å²) in [6.07, 6.45) is 0. The molecule has 2 aromatic heterocycles. The van der Waals surface area contributed by atoms with Gasteiger partial charge in [0.15, 0.2) is 5.16 Å². The number of aromatic nitrogens is 2. The zero-order valence-electron chi connectivity index (χ0n) is 15.9. The first kappa shape index (κ1) is 20.4. The van der Waals surface area contributed by atoms with Crippen LogP contribution in [0.2, 0.25) is 0 Å². The number of thiophene rings is 1. The third-order valence-electron chi connectivity index (χ3n) is 3.99. The van der Waals surface area contributed by atoms with Gasteiger partial charge in [0.1, 0.15) is 4.83 Å². The zero-order valence-corrected chi connectivity index (χ0v) is 17.5. The van der Waals surface area contributed by atoms with E-state index in [-0.39, 0.29) is 35.7 Å². The number of rotatable bonds is 6. The fraction of sp³-hybridized carbons (Fsp3) is 0.529. The van der Waals surface area contributed by atoms with Gasteiger partial charge < -0.3 is 10.2 Å². The number of likely N-dealkylation sites (N-methyl/N-ethyl adjacent to an activating group) is 1. The molecular weight excluding hydrogens is 372 g/mol. The van der Waals surface area contributed by atoms with Crippen LogP contribution < -0.4 is 10.9 Å². The third kappa shape index (κ3) is 4.27. The Labute approximate surface area is 160 Å². The van der Waals surface area contributed by atoms with E-state index in [9.17, 15) is 14.4 Å². The molecule has 142 valence electrons. The van der Waals surface area contributed by atoms with Crippen molar-refractivity contribution in [3.63, 3.8) is 0 Å². The molecule has 0 aliphatic heterocycles. The minimum absolute atomic E-state index is 0.0425. The van der Waals surface area contributed by atoms with Gasteiger partial charge in [0.05, 0.1) is 17.7 Å². The molecule has 0 radical (unpaired) electrons. The first-order chi connectivity index (χ1) is 12.1. The van der Waals surface area contributed by atoms with Gasteiger partial charge in [-0.2, -0.15) is 0 Å². The molecule has 0 atom stereocenters. The first-order valence-electron chi connectivity index (χ1n) is 8.25. The average molecular weight is 397 g/mol. The molecule has 2 amide bonds. The van der Waals surface area contributed by atoms with Crippen LogP contribution in [0, 0.1) is 13.8 Å². The summed E-state index contributed by atoms with van der Waals surface area (Å²) in [5.41, 5.74) is 0.894. The summed E-state index contributed by atoms with van der Waals surface area (Å²) in [5, 5.41) is 3.76. The van der Waals surface area contributed by atoms with E-state index in [2.05, 4.69) is 10.3 Å². The predicted octanol–water partition coefficient (Wildman–Crippen LogP) is 1.95. The molecule has 2 rings (SSSR count). The van der Waals surface area contributed by atoms with Crippen LogP contribution in [0.15, 0.2) is 9.95 Å². The minimum atomic E-state index is -0.270. The molecule has 7 nitrogen and oxygen atoms in total. The largest absolute Gasteiger partial charge is 0.347 e. The smallest absolute Gasteiger partial charge is 0.263 e. The average Bonchev–Trinajstić information content (AvgIpc) is 2.84. The topological polar surface area (TPSA) is 84.3 Å². The van der Waals surface area contributed by atoms with E-state index in [1.165, 1.54) is 28.0 Å². The molecule has 9 heteroatoms. The number of carbonyl (C=O) groups is 2. The molecule has 0 aliphatic carbocycles. The lowest BCUT2D eigenvalue weighted by Crippen LogP contribution is -2.37. The second-order valence-electron chi connectivity index (χ2n) is 6.48. The molecule has 0 fully saturated rings. The highest BCUT2D eigenvalue weighted by Gasteiger charge is 2.19. The standard InChI is InChI=1S/C17H24N4O3S2/c1-9(2)21-16(24)14-10(3)11(4)26-15(14)19-17(21)25-8-12(22)18-7-13(23)20(5)6/h9H,7-8H2,1-6H3,(H,18,22). The minimum Gasteiger partial charge on any atom is -0.347 e. The van der Waals surface area contributed by atoms with Crippen LogP contribution >= 0.6 is 23.1 Å².